The van der Waals surface area contributed by atoms with E-state index in [9.17, 15) is 4.79 Å². The van der Waals surface area contributed by atoms with Gasteiger partial charge in [0.15, 0.2) is 0 Å². The molecule has 0 fully saturated rings. The Kier molecular flexibility index (Phi) is 4.20. The van der Waals surface area contributed by atoms with Crippen LogP contribution in [0.1, 0.15) is 24.0 Å². The topological polar surface area (TPSA) is 64.3 Å². The Labute approximate surface area is 108 Å². The maximum atomic E-state index is 11.1. The van der Waals surface area contributed by atoms with Gasteiger partial charge >= 0.3 is 0 Å². The molecule has 2 rings (SSSR count). The Hall–Kier alpha value is -1.55. The third kappa shape index (κ3) is 3.01. The molecule has 3 N–H and O–H groups in total. The molecule has 98 valence electrons. The highest BCUT2D eigenvalue weighted by atomic mass is 16.5. The molecule has 0 radical (unpaired) electrons. The van der Waals surface area contributed by atoms with E-state index in [-0.39, 0.29) is 6.61 Å². The second-order valence-electron chi connectivity index (χ2n) is 4.69. The van der Waals surface area contributed by atoms with Gasteiger partial charge in [-0.1, -0.05) is 6.07 Å². The zero-order valence-corrected chi connectivity index (χ0v) is 10.7. The van der Waals surface area contributed by atoms with Gasteiger partial charge in [-0.15, -0.1) is 0 Å². The molecule has 0 bridgehead atoms. The molecule has 1 aromatic rings. The second-order valence-corrected chi connectivity index (χ2v) is 4.69. The average Bonchev–Trinajstić information content (AvgIpc) is 2.39. The number of hydrogen-bond acceptors (Lipinski definition) is 3. The summed E-state index contributed by atoms with van der Waals surface area (Å²) in [6, 6.07) is 5.74. The van der Waals surface area contributed by atoms with E-state index in [1.807, 2.05) is 6.07 Å². The first-order valence-corrected chi connectivity index (χ1v) is 6.42. The Balaban J connectivity index is 1.99. The van der Waals surface area contributed by atoms with Gasteiger partial charge in [-0.05, 0) is 56.0 Å². The van der Waals surface area contributed by atoms with Crippen LogP contribution in [0.4, 0.5) is 0 Å². The highest BCUT2D eigenvalue weighted by molar-refractivity contribution is 5.79. The molecule has 1 aliphatic rings. The Morgan fingerprint density at radius 1 is 1.39 bits per heavy atom. The zero-order valence-electron chi connectivity index (χ0n) is 10.7. The van der Waals surface area contributed by atoms with Crippen molar-refractivity contribution < 1.29 is 9.53 Å². The van der Waals surface area contributed by atoms with Gasteiger partial charge in [-0.3, -0.25) is 4.79 Å². The van der Waals surface area contributed by atoms with Crippen LogP contribution >= 0.6 is 0 Å². The van der Waals surface area contributed by atoms with Crippen molar-refractivity contribution >= 4 is 5.91 Å². The van der Waals surface area contributed by atoms with Crippen LogP contribution < -0.4 is 15.8 Å². The molecule has 4 nitrogen and oxygen atoms in total. The molecular formula is C14H20N2O2. The summed E-state index contributed by atoms with van der Waals surface area (Å²) in [5.74, 6) is 0.424. The summed E-state index contributed by atoms with van der Waals surface area (Å²) in [5, 5.41) is 2.83. The van der Waals surface area contributed by atoms with Crippen LogP contribution in [0.15, 0.2) is 18.2 Å². The molecule has 0 spiro atoms. The first-order valence-electron chi connectivity index (χ1n) is 6.42. The molecule has 4 heteroatoms. The van der Waals surface area contributed by atoms with Crippen LogP contribution in [0.25, 0.3) is 0 Å². The van der Waals surface area contributed by atoms with Gasteiger partial charge in [0, 0.05) is 0 Å². The fourth-order valence-corrected chi connectivity index (χ4v) is 2.29. The lowest BCUT2D eigenvalue weighted by atomic mass is 9.92. The second kappa shape index (κ2) is 5.87. The number of nitrogens with one attached hydrogen (secondary N) is 1. The number of ether oxygens (including phenoxy) is 1. The van der Waals surface area contributed by atoms with Crippen molar-refractivity contribution in [1.29, 1.82) is 0 Å². The van der Waals surface area contributed by atoms with Crippen molar-refractivity contribution in [2.24, 2.45) is 5.73 Å². The Morgan fingerprint density at radius 2 is 2.11 bits per heavy atom. The SMILES string of the molecule is CNC(COc1ccc2c(c1)CCCC2)C(N)=O. The molecule has 0 aromatic heterocycles. The summed E-state index contributed by atoms with van der Waals surface area (Å²) in [6.45, 7) is 0.268. The van der Waals surface area contributed by atoms with Crippen molar-refractivity contribution in [2.75, 3.05) is 13.7 Å². The Bertz CT molecular complexity index is 432. The summed E-state index contributed by atoms with van der Waals surface area (Å²) in [6.07, 6.45) is 4.81. The lowest BCUT2D eigenvalue weighted by molar-refractivity contribution is -0.120. The van der Waals surface area contributed by atoms with E-state index >= 15 is 0 Å². The lowest BCUT2D eigenvalue weighted by Crippen LogP contribution is -2.43. The third-order valence-corrected chi connectivity index (χ3v) is 3.43. The molecule has 1 aromatic carbocycles. The smallest absolute Gasteiger partial charge is 0.238 e. The van der Waals surface area contributed by atoms with E-state index in [0.29, 0.717) is 0 Å². The monoisotopic (exact) mass is 248 g/mol. The van der Waals surface area contributed by atoms with Gasteiger partial charge in [0.05, 0.1) is 0 Å². The van der Waals surface area contributed by atoms with Gasteiger partial charge in [0.1, 0.15) is 18.4 Å². The summed E-state index contributed by atoms with van der Waals surface area (Å²) in [5.41, 5.74) is 8.04. The predicted octanol–water partition coefficient (Wildman–Crippen LogP) is 1.02. The molecule has 0 heterocycles. The van der Waals surface area contributed by atoms with Gasteiger partial charge < -0.3 is 15.8 Å². The average molecular weight is 248 g/mol. The summed E-state index contributed by atoms with van der Waals surface area (Å²) < 4.78 is 5.62. The van der Waals surface area contributed by atoms with Crippen molar-refractivity contribution in [2.45, 2.75) is 31.7 Å². The van der Waals surface area contributed by atoms with Gasteiger partial charge in [0.25, 0.3) is 0 Å². The maximum absolute atomic E-state index is 11.1. The lowest BCUT2D eigenvalue weighted by Gasteiger charge is -2.18. The third-order valence-electron chi connectivity index (χ3n) is 3.43. The van der Waals surface area contributed by atoms with E-state index in [1.165, 1.54) is 24.0 Å². The summed E-state index contributed by atoms with van der Waals surface area (Å²) in [4.78, 5) is 11.1. The maximum Gasteiger partial charge on any atom is 0.238 e. The molecule has 0 saturated heterocycles. The van der Waals surface area contributed by atoms with Crippen molar-refractivity contribution in [3.63, 3.8) is 0 Å². The first kappa shape index (κ1) is 12.9. The minimum Gasteiger partial charge on any atom is -0.491 e. The largest absolute Gasteiger partial charge is 0.491 e. The van der Waals surface area contributed by atoms with Crippen LogP contribution in [0, 0.1) is 0 Å². The summed E-state index contributed by atoms with van der Waals surface area (Å²) in [7, 11) is 1.70. The Morgan fingerprint density at radius 3 is 2.78 bits per heavy atom. The van der Waals surface area contributed by atoms with Crippen LogP contribution in [0.3, 0.4) is 0 Å². The molecule has 1 aliphatic carbocycles. The minimum atomic E-state index is -0.443. The van der Waals surface area contributed by atoms with Crippen molar-refractivity contribution in [3.05, 3.63) is 29.3 Å². The highest BCUT2D eigenvalue weighted by Gasteiger charge is 2.14. The quantitative estimate of drug-likeness (QED) is 0.817. The molecular weight excluding hydrogens is 228 g/mol. The highest BCUT2D eigenvalue weighted by Crippen LogP contribution is 2.25. The number of likely N-dealkylation sites (N-methyl/N-ethyl adjacent to an activating group) is 1. The first-order chi connectivity index (χ1) is 8.70. The fraction of sp³-hybridized carbons (Fsp3) is 0.500. The number of benzene rings is 1. The van der Waals surface area contributed by atoms with Crippen LogP contribution in [-0.2, 0) is 17.6 Å². The number of nitrogens with two attached hydrogens (primary N) is 1. The fourth-order valence-electron chi connectivity index (χ4n) is 2.29. The molecule has 1 unspecified atom stereocenters. The van der Waals surface area contributed by atoms with Crippen molar-refractivity contribution in [3.8, 4) is 5.75 Å². The van der Waals surface area contributed by atoms with Gasteiger partial charge in [0.2, 0.25) is 5.91 Å². The number of amides is 1. The van der Waals surface area contributed by atoms with Crippen LogP contribution in [0.5, 0.6) is 5.75 Å². The van der Waals surface area contributed by atoms with E-state index in [4.69, 9.17) is 10.5 Å². The van der Waals surface area contributed by atoms with Gasteiger partial charge in [-0.2, -0.15) is 0 Å². The van der Waals surface area contributed by atoms with Gasteiger partial charge in [-0.25, -0.2) is 0 Å². The molecule has 1 amide bonds. The predicted molar refractivity (Wildman–Crippen MR) is 70.6 cm³/mol. The normalized spacial score (nSPS) is 15.8. The van der Waals surface area contributed by atoms with E-state index in [1.54, 1.807) is 7.05 Å². The number of carbonyl (C=O) groups is 1. The van der Waals surface area contributed by atoms with Crippen LogP contribution in [0.2, 0.25) is 0 Å². The molecule has 0 aliphatic heterocycles. The van der Waals surface area contributed by atoms with E-state index in [0.717, 1.165) is 18.6 Å². The standard InChI is InChI=1S/C14H20N2O2/c1-16-13(14(15)17)9-18-12-7-6-10-4-2-3-5-11(10)8-12/h6-8,13,16H,2-5,9H2,1H3,(H2,15,17). The number of rotatable bonds is 5. The number of fused-ring (bicyclic) bond motifs is 1. The zero-order chi connectivity index (χ0) is 13.0. The van der Waals surface area contributed by atoms with E-state index in [2.05, 4.69) is 17.4 Å². The van der Waals surface area contributed by atoms with Crippen molar-refractivity contribution in [1.82, 2.24) is 5.32 Å². The minimum absolute atomic E-state index is 0.268. The van der Waals surface area contributed by atoms with Crippen LogP contribution in [-0.4, -0.2) is 25.6 Å². The summed E-state index contributed by atoms with van der Waals surface area (Å²) >= 11 is 0. The molecule has 18 heavy (non-hydrogen) atoms. The number of hydrogen-bond donors (Lipinski definition) is 2. The number of primary amides is 1. The molecule has 1 atom stereocenters. The number of aryl methyl sites for hydroxylation is 2. The molecule has 0 saturated carbocycles. The van der Waals surface area contributed by atoms with E-state index < -0.39 is 11.9 Å². The number of carbonyl (C=O) groups excluding carboxylic acids is 1.